The molecule has 3 aromatic rings. The van der Waals surface area contributed by atoms with Crippen molar-refractivity contribution in [3.8, 4) is 5.75 Å². The van der Waals surface area contributed by atoms with Gasteiger partial charge in [0.1, 0.15) is 11.1 Å². The monoisotopic (exact) mass is 418 g/mol. The third kappa shape index (κ3) is 4.66. The second-order valence-electron chi connectivity index (χ2n) is 7.04. The van der Waals surface area contributed by atoms with E-state index < -0.39 is 0 Å². The first-order chi connectivity index (χ1) is 14.6. The number of carbonyl (C=O) groups is 2. The molecule has 1 aliphatic rings. The number of thioether (sulfide) groups is 1. The predicted octanol–water partition coefficient (Wildman–Crippen LogP) is 4.79. The molecule has 1 saturated heterocycles. The zero-order valence-corrected chi connectivity index (χ0v) is 17.4. The number of rotatable bonds is 6. The molecule has 1 N–H and O–H groups in total. The van der Waals surface area contributed by atoms with E-state index in [1.54, 1.807) is 11.8 Å². The molecule has 0 spiro atoms. The van der Waals surface area contributed by atoms with Crippen molar-refractivity contribution >= 4 is 35.0 Å². The minimum atomic E-state index is -0.235. The number of nitrogens with one attached hydrogen (secondary N) is 1. The Morgan fingerprint density at radius 1 is 1.07 bits per heavy atom. The van der Waals surface area contributed by atoms with Crippen LogP contribution in [-0.2, 0) is 9.59 Å². The molecule has 0 radical (unpaired) electrons. The van der Waals surface area contributed by atoms with E-state index in [0.717, 1.165) is 16.8 Å². The van der Waals surface area contributed by atoms with Crippen LogP contribution in [0.5, 0.6) is 5.75 Å². The number of nitrogens with zero attached hydrogens (tertiary/aromatic N) is 1. The third-order valence-electron chi connectivity index (χ3n) is 4.75. The lowest BCUT2D eigenvalue weighted by Crippen LogP contribution is -2.27. The van der Waals surface area contributed by atoms with E-state index >= 15 is 0 Å². The van der Waals surface area contributed by atoms with Gasteiger partial charge in [0.15, 0.2) is 6.61 Å². The molecule has 2 amide bonds. The van der Waals surface area contributed by atoms with Crippen LogP contribution in [0.2, 0.25) is 0 Å². The average Bonchev–Trinajstić information content (AvgIpc) is 3.15. The molecule has 1 atom stereocenters. The third-order valence-corrected chi connectivity index (χ3v) is 5.96. The Kier molecular flexibility index (Phi) is 6.05. The number of ether oxygens (including phenoxy) is 1. The van der Waals surface area contributed by atoms with Crippen molar-refractivity contribution in [3.05, 3.63) is 90.0 Å². The van der Waals surface area contributed by atoms with Gasteiger partial charge in [0.25, 0.3) is 5.91 Å². The summed E-state index contributed by atoms with van der Waals surface area (Å²) in [5, 5.41) is 2.75. The van der Waals surface area contributed by atoms with Crippen molar-refractivity contribution in [1.82, 2.24) is 0 Å². The van der Waals surface area contributed by atoms with Crippen LogP contribution in [-0.4, -0.2) is 24.2 Å². The molecule has 5 nitrogen and oxygen atoms in total. The number of benzene rings is 3. The summed E-state index contributed by atoms with van der Waals surface area (Å²) in [5.41, 5.74) is 3.68. The summed E-state index contributed by atoms with van der Waals surface area (Å²) in [6, 6.07) is 24.8. The fourth-order valence-corrected chi connectivity index (χ4v) is 4.45. The molecule has 1 fully saturated rings. The predicted molar refractivity (Wildman–Crippen MR) is 121 cm³/mol. The Morgan fingerprint density at radius 2 is 1.83 bits per heavy atom. The number of para-hydroxylation sites is 1. The molecular weight excluding hydrogens is 396 g/mol. The van der Waals surface area contributed by atoms with Crippen molar-refractivity contribution < 1.29 is 14.3 Å². The van der Waals surface area contributed by atoms with Crippen LogP contribution in [0.25, 0.3) is 0 Å². The standard InChI is InChI=1S/C24H22N2O3S/c1-17-10-12-20(13-11-17)26-23(28)16-30-24(26)18-6-5-7-19(14-18)25-22(27)15-29-21-8-3-2-4-9-21/h2-14,24H,15-16H2,1H3,(H,25,27). The summed E-state index contributed by atoms with van der Waals surface area (Å²) in [4.78, 5) is 26.7. The molecular formula is C24H22N2O3S. The summed E-state index contributed by atoms with van der Waals surface area (Å²) in [6.07, 6.45) is 0. The van der Waals surface area contributed by atoms with Gasteiger partial charge in [0.05, 0.1) is 5.75 Å². The number of carbonyl (C=O) groups excluding carboxylic acids is 2. The summed E-state index contributed by atoms with van der Waals surface area (Å²) in [6.45, 7) is 1.95. The Hall–Kier alpha value is -3.25. The van der Waals surface area contributed by atoms with Crippen LogP contribution in [0, 0.1) is 6.92 Å². The normalized spacial score (nSPS) is 15.8. The Balaban J connectivity index is 1.46. The first kappa shape index (κ1) is 20.0. The fraction of sp³-hybridized carbons (Fsp3) is 0.167. The SMILES string of the molecule is Cc1ccc(N2C(=O)CSC2c2cccc(NC(=O)COc3ccccc3)c2)cc1. The van der Waals surface area contributed by atoms with Gasteiger partial charge >= 0.3 is 0 Å². The maximum atomic E-state index is 12.5. The second-order valence-corrected chi connectivity index (χ2v) is 8.11. The van der Waals surface area contributed by atoms with E-state index in [1.165, 1.54) is 0 Å². The molecule has 152 valence electrons. The average molecular weight is 419 g/mol. The molecule has 0 aromatic heterocycles. The topological polar surface area (TPSA) is 58.6 Å². The maximum Gasteiger partial charge on any atom is 0.262 e. The molecule has 0 bridgehead atoms. The number of hydrogen-bond acceptors (Lipinski definition) is 4. The highest BCUT2D eigenvalue weighted by Gasteiger charge is 2.34. The van der Waals surface area contributed by atoms with Crippen molar-refractivity contribution in [2.24, 2.45) is 0 Å². The van der Waals surface area contributed by atoms with Crippen LogP contribution < -0.4 is 15.0 Å². The second kappa shape index (κ2) is 9.05. The van der Waals surface area contributed by atoms with Gasteiger partial charge in [-0.1, -0.05) is 48.0 Å². The van der Waals surface area contributed by atoms with E-state index in [0.29, 0.717) is 17.2 Å². The van der Waals surface area contributed by atoms with E-state index in [4.69, 9.17) is 4.74 Å². The molecule has 0 saturated carbocycles. The first-order valence-electron chi connectivity index (χ1n) is 9.68. The molecule has 0 aliphatic carbocycles. The van der Waals surface area contributed by atoms with Gasteiger partial charge in [-0.2, -0.15) is 0 Å². The highest BCUT2D eigenvalue weighted by molar-refractivity contribution is 8.00. The summed E-state index contributed by atoms with van der Waals surface area (Å²) in [7, 11) is 0. The van der Waals surface area contributed by atoms with Gasteiger partial charge in [-0.05, 0) is 48.9 Å². The zero-order valence-electron chi connectivity index (χ0n) is 16.6. The van der Waals surface area contributed by atoms with E-state index in [2.05, 4.69) is 5.32 Å². The van der Waals surface area contributed by atoms with Crippen molar-refractivity contribution in [3.63, 3.8) is 0 Å². The Bertz CT molecular complexity index is 1040. The van der Waals surface area contributed by atoms with Crippen LogP contribution in [0.3, 0.4) is 0 Å². The Labute approximate surface area is 180 Å². The lowest BCUT2D eigenvalue weighted by atomic mass is 10.1. The summed E-state index contributed by atoms with van der Waals surface area (Å²) >= 11 is 1.58. The van der Waals surface area contributed by atoms with Gasteiger partial charge in [-0.15, -0.1) is 11.8 Å². The van der Waals surface area contributed by atoms with Crippen LogP contribution >= 0.6 is 11.8 Å². The highest BCUT2D eigenvalue weighted by atomic mass is 32.2. The molecule has 1 aliphatic heterocycles. The minimum Gasteiger partial charge on any atom is -0.484 e. The lowest BCUT2D eigenvalue weighted by molar-refractivity contribution is -0.118. The minimum absolute atomic E-state index is 0.0691. The first-order valence-corrected chi connectivity index (χ1v) is 10.7. The molecule has 1 unspecified atom stereocenters. The van der Waals surface area contributed by atoms with Gasteiger partial charge < -0.3 is 10.1 Å². The van der Waals surface area contributed by atoms with Gasteiger partial charge in [-0.3, -0.25) is 14.5 Å². The number of hydrogen-bond donors (Lipinski definition) is 1. The summed E-state index contributed by atoms with van der Waals surface area (Å²) < 4.78 is 5.50. The van der Waals surface area contributed by atoms with Gasteiger partial charge in [0.2, 0.25) is 5.91 Å². The molecule has 3 aromatic carbocycles. The zero-order chi connectivity index (χ0) is 20.9. The quantitative estimate of drug-likeness (QED) is 0.625. The van der Waals surface area contributed by atoms with Crippen molar-refractivity contribution in [1.29, 1.82) is 0 Å². The summed E-state index contributed by atoms with van der Waals surface area (Å²) in [5.74, 6) is 0.928. The van der Waals surface area contributed by atoms with Crippen LogP contribution in [0.15, 0.2) is 78.9 Å². The highest BCUT2D eigenvalue weighted by Crippen LogP contribution is 2.42. The number of amides is 2. The van der Waals surface area contributed by atoms with Gasteiger partial charge in [0, 0.05) is 11.4 Å². The smallest absolute Gasteiger partial charge is 0.262 e. The molecule has 4 rings (SSSR count). The van der Waals surface area contributed by atoms with Crippen molar-refractivity contribution in [2.75, 3.05) is 22.6 Å². The van der Waals surface area contributed by atoms with Crippen molar-refractivity contribution in [2.45, 2.75) is 12.3 Å². The lowest BCUT2D eigenvalue weighted by Gasteiger charge is -2.25. The molecule has 1 heterocycles. The van der Waals surface area contributed by atoms with Crippen LogP contribution in [0.1, 0.15) is 16.5 Å². The van der Waals surface area contributed by atoms with E-state index in [1.807, 2.05) is 90.7 Å². The fourth-order valence-electron chi connectivity index (χ4n) is 3.29. The van der Waals surface area contributed by atoms with Crippen LogP contribution in [0.4, 0.5) is 11.4 Å². The largest absolute Gasteiger partial charge is 0.484 e. The van der Waals surface area contributed by atoms with E-state index in [-0.39, 0.29) is 23.8 Å². The number of aryl methyl sites for hydroxylation is 1. The molecule has 6 heteroatoms. The molecule has 30 heavy (non-hydrogen) atoms. The maximum absolute atomic E-state index is 12.5. The van der Waals surface area contributed by atoms with Gasteiger partial charge in [-0.25, -0.2) is 0 Å². The number of anilines is 2. The van der Waals surface area contributed by atoms with E-state index in [9.17, 15) is 9.59 Å². The Morgan fingerprint density at radius 3 is 2.60 bits per heavy atom.